The van der Waals surface area contributed by atoms with Crippen molar-refractivity contribution in [3.8, 4) is 0 Å². The Morgan fingerprint density at radius 1 is 1.35 bits per heavy atom. The standard InChI is InChI=1S/C15H12N2OS2/c1-9(18)14-13(17-7-6-16-15(17)20-14)11-8-19-12-5-3-2-4-10(11)12/h2-5,8H,6-7H2,1H3. The monoisotopic (exact) mass is 300 g/mol. The van der Waals surface area contributed by atoms with Gasteiger partial charge in [-0.3, -0.25) is 9.79 Å². The molecule has 0 unspecified atom stereocenters. The largest absolute Gasteiger partial charge is 0.317 e. The van der Waals surface area contributed by atoms with E-state index in [1.54, 1.807) is 18.3 Å². The third kappa shape index (κ3) is 1.66. The second kappa shape index (κ2) is 4.46. The van der Waals surface area contributed by atoms with Crippen LogP contribution < -0.4 is 0 Å². The number of Topliss-reactive ketones (excluding diaryl/α,β-unsaturated/α-hetero) is 1. The molecule has 0 saturated carbocycles. The van der Waals surface area contributed by atoms with Gasteiger partial charge in [-0.15, -0.1) is 11.3 Å². The summed E-state index contributed by atoms with van der Waals surface area (Å²) in [6.45, 7) is 3.33. The Morgan fingerprint density at radius 3 is 3.05 bits per heavy atom. The summed E-state index contributed by atoms with van der Waals surface area (Å²) in [4.78, 5) is 19.5. The average molecular weight is 300 g/mol. The summed E-state index contributed by atoms with van der Waals surface area (Å²) in [5.74, 6) is 0.123. The molecule has 1 aromatic carbocycles. The normalized spacial score (nSPS) is 17.9. The van der Waals surface area contributed by atoms with Crippen molar-refractivity contribution in [2.24, 2.45) is 4.99 Å². The molecule has 0 spiro atoms. The second-order valence-corrected chi connectivity index (χ2v) is 6.69. The highest BCUT2D eigenvalue weighted by molar-refractivity contribution is 8.18. The van der Waals surface area contributed by atoms with Crippen LogP contribution in [0.3, 0.4) is 0 Å². The fourth-order valence-electron chi connectivity index (χ4n) is 2.65. The van der Waals surface area contributed by atoms with Crippen LogP contribution in [0.15, 0.2) is 39.5 Å². The van der Waals surface area contributed by atoms with E-state index in [4.69, 9.17) is 0 Å². The maximum Gasteiger partial charge on any atom is 0.168 e. The maximum atomic E-state index is 12.0. The Bertz CT molecular complexity index is 788. The summed E-state index contributed by atoms with van der Waals surface area (Å²) in [6.07, 6.45) is 0. The van der Waals surface area contributed by atoms with E-state index in [2.05, 4.69) is 33.5 Å². The van der Waals surface area contributed by atoms with Gasteiger partial charge in [0, 0.05) is 27.6 Å². The molecular weight excluding hydrogens is 288 g/mol. The number of hydrogen-bond donors (Lipinski definition) is 0. The Balaban J connectivity index is 1.96. The van der Waals surface area contributed by atoms with E-state index in [1.165, 1.54) is 21.8 Å². The summed E-state index contributed by atoms with van der Waals surface area (Å²) in [5.41, 5.74) is 2.21. The van der Waals surface area contributed by atoms with E-state index in [1.807, 2.05) is 6.07 Å². The molecule has 20 heavy (non-hydrogen) atoms. The topological polar surface area (TPSA) is 32.7 Å². The van der Waals surface area contributed by atoms with Crippen LogP contribution in [0.1, 0.15) is 12.5 Å². The van der Waals surface area contributed by atoms with Crippen molar-refractivity contribution in [3.05, 3.63) is 40.1 Å². The number of rotatable bonds is 2. The Morgan fingerprint density at radius 2 is 2.20 bits per heavy atom. The number of hydrogen-bond acceptors (Lipinski definition) is 5. The molecule has 100 valence electrons. The van der Waals surface area contributed by atoms with Crippen molar-refractivity contribution in [1.82, 2.24) is 4.90 Å². The summed E-state index contributed by atoms with van der Waals surface area (Å²) < 4.78 is 1.26. The van der Waals surface area contributed by atoms with Gasteiger partial charge >= 0.3 is 0 Å². The Labute approximate surface area is 125 Å². The molecule has 0 N–H and O–H groups in total. The number of nitrogens with zero attached hydrogens (tertiary/aromatic N) is 2. The molecule has 2 aliphatic rings. The quantitative estimate of drug-likeness (QED) is 0.850. The van der Waals surface area contributed by atoms with Crippen molar-refractivity contribution in [1.29, 1.82) is 0 Å². The lowest BCUT2D eigenvalue weighted by Crippen LogP contribution is -2.20. The summed E-state index contributed by atoms with van der Waals surface area (Å²) >= 11 is 3.24. The SMILES string of the molecule is CC(=O)C1=C(c2csc3ccccc23)N2CCN=C2S1. The van der Waals surface area contributed by atoms with Crippen LogP contribution in [0, 0.1) is 0 Å². The van der Waals surface area contributed by atoms with Crippen LogP contribution in [0.2, 0.25) is 0 Å². The first kappa shape index (κ1) is 12.2. The average Bonchev–Trinajstić information content (AvgIpc) is 3.10. The third-order valence-corrected chi connectivity index (χ3v) is 5.72. The highest BCUT2D eigenvalue weighted by Gasteiger charge is 2.35. The van der Waals surface area contributed by atoms with Gasteiger partial charge in [0.2, 0.25) is 0 Å². The van der Waals surface area contributed by atoms with E-state index < -0.39 is 0 Å². The van der Waals surface area contributed by atoms with Gasteiger partial charge in [-0.1, -0.05) is 18.2 Å². The van der Waals surface area contributed by atoms with Gasteiger partial charge < -0.3 is 4.90 Å². The molecule has 0 atom stereocenters. The number of benzene rings is 1. The fourth-order valence-corrected chi connectivity index (χ4v) is 4.69. The number of carbonyl (C=O) groups excluding carboxylic acids is 1. The predicted octanol–water partition coefficient (Wildman–Crippen LogP) is 3.58. The zero-order valence-corrected chi connectivity index (χ0v) is 12.6. The van der Waals surface area contributed by atoms with Gasteiger partial charge in [-0.2, -0.15) is 0 Å². The molecule has 0 aliphatic carbocycles. The highest BCUT2D eigenvalue weighted by atomic mass is 32.2. The van der Waals surface area contributed by atoms with Crippen molar-refractivity contribution >= 4 is 49.8 Å². The van der Waals surface area contributed by atoms with Crippen LogP contribution in [0.4, 0.5) is 0 Å². The molecule has 0 radical (unpaired) electrons. The zero-order valence-electron chi connectivity index (χ0n) is 10.9. The molecule has 0 saturated heterocycles. The molecular formula is C15H12N2OS2. The molecule has 4 rings (SSSR count). The minimum absolute atomic E-state index is 0.123. The molecule has 2 aliphatic heterocycles. The molecule has 1 aromatic heterocycles. The minimum atomic E-state index is 0.123. The van der Waals surface area contributed by atoms with Gasteiger partial charge in [0.25, 0.3) is 0 Å². The smallest absolute Gasteiger partial charge is 0.168 e. The van der Waals surface area contributed by atoms with Crippen molar-refractivity contribution < 1.29 is 4.79 Å². The fraction of sp³-hybridized carbons (Fsp3) is 0.200. The minimum Gasteiger partial charge on any atom is -0.317 e. The van der Waals surface area contributed by atoms with Crippen LogP contribution >= 0.6 is 23.1 Å². The first-order chi connectivity index (χ1) is 9.75. The van der Waals surface area contributed by atoms with Crippen molar-refractivity contribution in [2.45, 2.75) is 6.92 Å². The van der Waals surface area contributed by atoms with E-state index in [0.29, 0.717) is 0 Å². The van der Waals surface area contributed by atoms with Crippen molar-refractivity contribution in [3.63, 3.8) is 0 Å². The number of amidine groups is 1. The van der Waals surface area contributed by atoms with E-state index >= 15 is 0 Å². The lowest BCUT2D eigenvalue weighted by molar-refractivity contribution is -0.112. The summed E-state index contributed by atoms with van der Waals surface area (Å²) in [7, 11) is 0. The third-order valence-electron chi connectivity index (χ3n) is 3.54. The predicted molar refractivity (Wildman–Crippen MR) is 86.0 cm³/mol. The van der Waals surface area contributed by atoms with Crippen LogP contribution in [0.25, 0.3) is 15.8 Å². The van der Waals surface area contributed by atoms with Crippen LogP contribution in [-0.4, -0.2) is 28.9 Å². The lowest BCUT2D eigenvalue weighted by Gasteiger charge is -2.16. The molecule has 0 bridgehead atoms. The van der Waals surface area contributed by atoms with Gasteiger partial charge in [-0.25, -0.2) is 0 Å². The summed E-state index contributed by atoms with van der Waals surface area (Å²) in [5, 5.41) is 4.35. The second-order valence-electron chi connectivity index (χ2n) is 4.80. The number of carbonyl (C=O) groups is 1. The van der Waals surface area contributed by atoms with E-state index in [9.17, 15) is 4.79 Å². The molecule has 2 aromatic rings. The van der Waals surface area contributed by atoms with Crippen LogP contribution in [-0.2, 0) is 4.79 Å². The number of fused-ring (bicyclic) bond motifs is 2. The lowest BCUT2D eigenvalue weighted by atomic mass is 10.1. The highest BCUT2D eigenvalue weighted by Crippen LogP contribution is 2.45. The van der Waals surface area contributed by atoms with E-state index in [-0.39, 0.29) is 5.78 Å². The molecule has 3 heterocycles. The first-order valence-corrected chi connectivity index (χ1v) is 8.17. The van der Waals surface area contributed by atoms with Crippen molar-refractivity contribution in [2.75, 3.05) is 13.1 Å². The van der Waals surface area contributed by atoms with Crippen LogP contribution in [0.5, 0.6) is 0 Å². The number of aliphatic imine (C=N–C) groups is 1. The van der Waals surface area contributed by atoms with Gasteiger partial charge in [0.1, 0.15) is 0 Å². The number of thiophene rings is 1. The van der Waals surface area contributed by atoms with Gasteiger partial charge in [0.15, 0.2) is 11.0 Å². The number of ketones is 1. The molecule has 0 fully saturated rings. The molecule has 3 nitrogen and oxygen atoms in total. The van der Waals surface area contributed by atoms with E-state index in [0.717, 1.165) is 34.4 Å². The van der Waals surface area contributed by atoms with Gasteiger partial charge in [-0.05, 0) is 24.8 Å². The number of thioether (sulfide) groups is 1. The first-order valence-electron chi connectivity index (χ1n) is 6.47. The summed E-state index contributed by atoms with van der Waals surface area (Å²) in [6, 6.07) is 8.35. The van der Waals surface area contributed by atoms with Gasteiger partial charge in [0.05, 0.1) is 17.1 Å². The molecule has 0 amide bonds. The maximum absolute atomic E-state index is 12.0. The Kier molecular flexibility index (Phi) is 2.72. The Hall–Kier alpha value is -1.59. The molecule has 5 heteroatoms. The zero-order chi connectivity index (χ0) is 13.7. The number of allylic oxidation sites excluding steroid dienone is 1.